The maximum Gasteiger partial charge on any atom is 0.416 e. The van der Waals surface area contributed by atoms with Gasteiger partial charge in [-0.1, -0.05) is 12.1 Å². The zero-order valence-electron chi connectivity index (χ0n) is 12.0. The molecule has 0 saturated carbocycles. The van der Waals surface area contributed by atoms with Crippen molar-refractivity contribution in [3.63, 3.8) is 0 Å². The highest BCUT2D eigenvalue weighted by Gasteiger charge is 2.37. The Kier molecular flexibility index (Phi) is 3.89. The first kappa shape index (κ1) is 15.6. The number of hydrogen-bond acceptors (Lipinski definition) is 2. The van der Waals surface area contributed by atoms with Crippen LogP contribution in [0.2, 0.25) is 0 Å². The molecule has 2 atom stereocenters. The van der Waals surface area contributed by atoms with Crippen LogP contribution in [0.3, 0.4) is 0 Å². The molecule has 1 aliphatic rings. The van der Waals surface area contributed by atoms with E-state index >= 15 is 0 Å². The molecule has 2 heterocycles. The summed E-state index contributed by atoms with van der Waals surface area (Å²) >= 11 is 0. The van der Waals surface area contributed by atoms with Gasteiger partial charge in [-0.15, -0.1) is 0 Å². The molecule has 3 rings (SSSR count). The largest absolute Gasteiger partial charge is 0.416 e. The lowest BCUT2D eigenvalue weighted by Crippen LogP contribution is -2.32. The van der Waals surface area contributed by atoms with E-state index in [-0.39, 0.29) is 12.5 Å². The Morgan fingerprint density at radius 1 is 1.22 bits per heavy atom. The summed E-state index contributed by atoms with van der Waals surface area (Å²) < 4.78 is 37.9. The van der Waals surface area contributed by atoms with Crippen molar-refractivity contribution in [3.05, 3.63) is 59.4 Å². The minimum absolute atomic E-state index is 0.156. The summed E-state index contributed by atoms with van der Waals surface area (Å²) in [6.07, 6.45) is -3.17. The predicted octanol–water partition coefficient (Wildman–Crippen LogP) is 2.98. The molecular weight excluding hydrogens is 309 g/mol. The minimum atomic E-state index is -4.40. The van der Waals surface area contributed by atoms with Gasteiger partial charge in [-0.25, -0.2) is 0 Å². The molecule has 0 bridgehead atoms. The number of carbonyl (C=O) groups is 1. The van der Waals surface area contributed by atoms with Gasteiger partial charge in [0.15, 0.2) is 0 Å². The molecule has 0 radical (unpaired) electrons. The van der Waals surface area contributed by atoms with Crippen molar-refractivity contribution in [2.45, 2.75) is 24.7 Å². The Labute approximate surface area is 130 Å². The topological polar surface area (TPSA) is 56.3 Å². The third kappa shape index (κ3) is 3.10. The summed E-state index contributed by atoms with van der Waals surface area (Å²) in [7, 11) is 0. The number of aliphatic hydroxyl groups excluding tert-OH is 1. The van der Waals surface area contributed by atoms with Crippen LogP contribution in [0, 0.1) is 0 Å². The summed E-state index contributed by atoms with van der Waals surface area (Å²) in [6, 6.07) is 7.59. The second kappa shape index (κ2) is 5.73. The van der Waals surface area contributed by atoms with Crippen LogP contribution in [-0.4, -0.2) is 33.5 Å². The number of carbonyl (C=O) groups excluding carboxylic acids is 1. The zero-order valence-corrected chi connectivity index (χ0v) is 12.0. The molecule has 1 aromatic heterocycles. The van der Waals surface area contributed by atoms with E-state index in [0.29, 0.717) is 17.7 Å². The number of halogens is 3. The van der Waals surface area contributed by atoms with Crippen molar-refractivity contribution in [1.82, 2.24) is 9.88 Å². The number of nitrogens with zero attached hydrogens (tertiary/aromatic N) is 1. The predicted molar refractivity (Wildman–Crippen MR) is 76.6 cm³/mol. The molecule has 1 amide bonds. The number of aliphatic hydroxyl groups is 1. The summed E-state index contributed by atoms with van der Waals surface area (Å²) in [5, 5.41) is 9.88. The van der Waals surface area contributed by atoms with Crippen LogP contribution in [0.15, 0.2) is 42.6 Å². The van der Waals surface area contributed by atoms with Gasteiger partial charge in [-0.2, -0.15) is 13.2 Å². The van der Waals surface area contributed by atoms with Crippen molar-refractivity contribution in [1.29, 1.82) is 0 Å². The van der Waals surface area contributed by atoms with Gasteiger partial charge in [0.05, 0.1) is 17.7 Å². The highest BCUT2D eigenvalue weighted by atomic mass is 19.4. The van der Waals surface area contributed by atoms with Crippen LogP contribution in [0.4, 0.5) is 13.2 Å². The molecule has 1 saturated heterocycles. The first-order valence-corrected chi connectivity index (χ1v) is 7.16. The Hall–Kier alpha value is -2.28. The SMILES string of the molecule is O=C(c1ccc[nH]1)N1C[C@@H](O)C[C@@H]1c1ccc(C(F)(F)F)cc1. The van der Waals surface area contributed by atoms with E-state index in [1.54, 1.807) is 18.3 Å². The molecular formula is C16H15F3N2O2. The fraction of sp³-hybridized carbons (Fsp3) is 0.312. The minimum Gasteiger partial charge on any atom is -0.391 e. The number of β-amino-alcohol motifs (C(OH)–C–C–N with tert-alkyl or cyclic N) is 1. The van der Waals surface area contributed by atoms with E-state index < -0.39 is 23.9 Å². The van der Waals surface area contributed by atoms with Crippen LogP contribution < -0.4 is 0 Å². The van der Waals surface area contributed by atoms with E-state index in [0.717, 1.165) is 12.1 Å². The Morgan fingerprint density at radius 2 is 1.91 bits per heavy atom. The Balaban J connectivity index is 1.86. The fourth-order valence-electron chi connectivity index (χ4n) is 2.87. The number of rotatable bonds is 2. The number of nitrogens with one attached hydrogen (secondary N) is 1. The third-order valence-corrected chi connectivity index (χ3v) is 3.99. The number of H-pyrrole nitrogens is 1. The normalized spacial score (nSPS) is 21.7. The van der Waals surface area contributed by atoms with E-state index in [1.807, 2.05) is 0 Å². The van der Waals surface area contributed by atoms with Gasteiger partial charge >= 0.3 is 6.18 Å². The molecule has 2 aromatic rings. The lowest BCUT2D eigenvalue weighted by molar-refractivity contribution is -0.137. The average molecular weight is 324 g/mol. The number of aromatic amines is 1. The monoisotopic (exact) mass is 324 g/mol. The maximum absolute atomic E-state index is 12.6. The molecule has 122 valence electrons. The molecule has 1 aromatic carbocycles. The van der Waals surface area contributed by atoms with Crippen LogP contribution in [-0.2, 0) is 6.18 Å². The van der Waals surface area contributed by atoms with Crippen molar-refractivity contribution in [2.24, 2.45) is 0 Å². The molecule has 2 N–H and O–H groups in total. The van der Waals surface area contributed by atoms with E-state index in [4.69, 9.17) is 0 Å². The van der Waals surface area contributed by atoms with Crippen molar-refractivity contribution >= 4 is 5.91 Å². The number of hydrogen-bond donors (Lipinski definition) is 2. The van der Waals surface area contributed by atoms with Crippen LogP contribution in [0.25, 0.3) is 0 Å². The van der Waals surface area contributed by atoms with Crippen molar-refractivity contribution in [3.8, 4) is 0 Å². The standard InChI is InChI=1S/C16H15F3N2O2/c17-16(18,19)11-5-3-10(4-6-11)14-8-12(22)9-21(14)15(23)13-2-1-7-20-13/h1-7,12,14,20,22H,8-9H2/t12-,14+/m0/s1. The lowest BCUT2D eigenvalue weighted by atomic mass is 10.0. The maximum atomic E-state index is 12.6. The van der Waals surface area contributed by atoms with Gasteiger partial charge < -0.3 is 15.0 Å². The summed E-state index contributed by atoms with van der Waals surface area (Å²) in [4.78, 5) is 16.8. The molecule has 1 fully saturated rings. The number of benzene rings is 1. The van der Waals surface area contributed by atoms with Gasteiger partial charge in [0.2, 0.25) is 0 Å². The molecule has 0 spiro atoms. The van der Waals surface area contributed by atoms with Gasteiger partial charge in [-0.3, -0.25) is 4.79 Å². The van der Waals surface area contributed by atoms with E-state index in [2.05, 4.69) is 4.98 Å². The van der Waals surface area contributed by atoms with E-state index in [1.165, 1.54) is 17.0 Å². The fourth-order valence-corrected chi connectivity index (χ4v) is 2.87. The average Bonchev–Trinajstić information content (AvgIpc) is 3.15. The third-order valence-electron chi connectivity index (χ3n) is 3.99. The smallest absolute Gasteiger partial charge is 0.391 e. The number of aromatic nitrogens is 1. The van der Waals surface area contributed by atoms with Crippen LogP contribution >= 0.6 is 0 Å². The number of alkyl halides is 3. The van der Waals surface area contributed by atoms with Gasteiger partial charge in [0.1, 0.15) is 5.69 Å². The van der Waals surface area contributed by atoms with Crippen molar-refractivity contribution in [2.75, 3.05) is 6.54 Å². The molecule has 7 heteroatoms. The Bertz CT molecular complexity index is 680. The van der Waals surface area contributed by atoms with Gasteiger partial charge in [-0.05, 0) is 36.2 Å². The molecule has 0 unspecified atom stereocenters. The first-order chi connectivity index (χ1) is 10.9. The van der Waals surface area contributed by atoms with Gasteiger partial charge in [0.25, 0.3) is 5.91 Å². The zero-order chi connectivity index (χ0) is 16.6. The summed E-state index contributed by atoms with van der Waals surface area (Å²) in [5.74, 6) is -0.281. The quantitative estimate of drug-likeness (QED) is 0.892. The number of likely N-dealkylation sites (tertiary alicyclic amines) is 1. The lowest BCUT2D eigenvalue weighted by Gasteiger charge is -2.24. The van der Waals surface area contributed by atoms with Crippen LogP contribution in [0.5, 0.6) is 0 Å². The molecule has 23 heavy (non-hydrogen) atoms. The van der Waals surface area contributed by atoms with E-state index in [9.17, 15) is 23.1 Å². The molecule has 1 aliphatic heterocycles. The highest BCUT2D eigenvalue weighted by Crippen LogP contribution is 2.35. The van der Waals surface area contributed by atoms with Crippen molar-refractivity contribution < 1.29 is 23.1 Å². The molecule has 4 nitrogen and oxygen atoms in total. The second-order valence-corrected chi connectivity index (χ2v) is 5.57. The summed E-state index contributed by atoms with van der Waals surface area (Å²) in [6.45, 7) is 0.156. The number of amides is 1. The first-order valence-electron chi connectivity index (χ1n) is 7.16. The van der Waals surface area contributed by atoms with Crippen LogP contribution in [0.1, 0.15) is 34.1 Å². The molecule has 0 aliphatic carbocycles. The Morgan fingerprint density at radius 3 is 2.48 bits per heavy atom. The highest BCUT2D eigenvalue weighted by molar-refractivity contribution is 5.93. The second-order valence-electron chi connectivity index (χ2n) is 5.57. The van der Waals surface area contributed by atoms with Gasteiger partial charge in [0, 0.05) is 12.7 Å². The summed E-state index contributed by atoms with van der Waals surface area (Å²) in [5.41, 5.74) is 0.229.